The van der Waals surface area contributed by atoms with E-state index in [1.807, 2.05) is 11.4 Å². The molecule has 1 aromatic heterocycles. The Morgan fingerprint density at radius 1 is 1.56 bits per heavy atom. The van der Waals surface area contributed by atoms with Crippen LogP contribution >= 0.6 is 11.3 Å². The van der Waals surface area contributed by atoms with Gasteiger partial charge in [0.05, 0.1) is 12.1 Å². The molecule has 5 heteroatoms. The Morgan fingerprint density at radius 3 is 3.00 bits per heavy atom. The highest BCUT2D eigenvalue weighted by Crippen LogP contribution is 2.39. The van der Waals surface area contributed by atoms with Crippen molar-refractivity contribution in [1.29, 1.82) is 0 Å². The Hall–Kier alpha value is -1.07. The molecule has 0 spiro atoms. The van der Waals surface area contributed by atoms with Crippen LogP contribution in [0.15, 0.2) is 11.4 Å². The van der Waals surface area contributed by atoms with Crippen molar-refractivity contribution in [3.63, 3.8) is 0 Å². The standard InChI is InChI=1S/C11H16N2O2S/c1-13(2)11(15)12-8-3-4-9(14)10-7(8)5-6-16-10/h5-6,8-9,14H,3-4H2,1-2H3,(H,12,15)/t8-,9+/m1/s1. The Morgan fingerprint density at radius 2 is 2.31 bits per heavy atom. The molecule has 4 nitrogen and oxygen atoms in total. The fourth-order valence-corrected chi connectivity index (χ4v) is 2.91. The van der Waals surface area contributed by atoms with Gasteiger partial charge >= 0.3 is 6.03 Å². The van der Waals surface area contributed by atoms with Crippen molar-refractivity contribution in [2.24, 2.45) is 0 Å². The maximum absolute atomic E-state index is 11.6. The predicted octanol–water partition coefficient (Wildman–Crippen LogP) is 1.89. The number of rotatable bonds is 1. The number of fused-ring (bicyclic) bond motifs is 1. The van der Waals surface area contributed by atoms with Crippen LogP contribution in [0.1, 0.15) is 35.4 Å². The number of aliphatic hydroxyl groups excluding tert-OH is 1. The molecule has 2 rings (SSSR count). The molecule has 2 N–H and O–H groups in total. The molecule has 1 aromatic rings. The zero-order chi connectivity index (χ0) is 11.7. The largest absolute Gasteiger partial charge is 0.388 e. The second kappa shape index (κ2) is 4.43. The van der Waals surface area contributed by atoms with E-state index in [4.69, 9.17) is 0 Å². The lowest BCUT2D eigenvalue weighted by Gasteiger charge is -2.27. The Labute approximate surface area is 98.9 Å². The third kappa shape index (κ3) is 2.05. The minimum absolute atomic E-state index is 0.0412. The van der Waals surface area contributed by atoms with E-state index in [9.17, 15) is 9.90 Å². The predicted molar refractivity (Wildman–Crippen MR) is 63.5 cm³/mol. The van der Waals surface area contributed by atoms with Gasteiger partial charge < -0.3 is 15.3 Å². The van der Waals surface area contributed by atoms with Crippen molar-refractivity contribution in [3.05, 3.63) is 21.9 Å². The summed E-state index contributed by atoms with van der Waals surface area (Å²) in [5.74, 6) is 0. The van der Waals surface area contributed by atoms with Crippen LogP contribution in [-0.4, -0.2) is 30.1 Å². The van der Waals surface area contributed by atoms with Crippen molar-refractivity contribution in [2.75, 3.05) is 14.1 Å². The smallest absolute Gasteiger partial charge is 0.317 e. The molecule has 0 bridgehead atoms. The summed E-state index contributed by atoms with van der Waals surface area (Å²) in [6.45, 7) is 0. The van der Waals surface area contributed by atoms with Gasteiger partial charge in [-0.3, -0.25) is 0 Å². The molecular weight excluding hydrogens is 224 g/mol. The number of amides is 2. The van der Waals surface area contributed by atoms with Crippen LogP contribution in [0, 0.1) is 0 Å². The quantitative estimate of drug-likeness (QED) is 0.787. The second-order valence-electron chi connectivity index (χ2n) is 4.23. The van der Waals surface area contributed by atoms with Gasteiger partial charge in [-0.15, -0.1) is 11.3 Å². The fraction of sp³-hybridized carbons (Fsp3) is 0.545. The Balaban J connectivity index is 2.14. The zero-order valence-corrected chi connectivity index (χ0v) is 10.3. The topological polar surface area (TPSA) is 52.6 Å². The molecule has 0 unspecified atom stereocenters. The van der Waals surface area contributed by atoms with Gasteiger partial charge in [0.25, 0.3) is 0 Å². The summed E-state index contributed by atoms with van der Waals surface area (Å²) >= 11 is 1.56. The summed E-state index contributed by atoms with van der Waals surface area (Å²) in [6, 6.07) is 1.95. The van der Waals surface area contributed by atoms with Crippen LogP contribution in [0.4, 0.5) is 4.79 Å². The maximum atomic E-state index is 11.6. The van der Waals surface area contributed by atoms with Gasteiger partial charge in [0, 0.05) is 19.0 Å². The van der Waals surface area contributed by atoms with Crippen LogP contribution in [0.3, 0.4) is 0 Å². The van der Waals surface area contributed by atoms with Gasteiger partial charge in [0.2, 0.25) is 0 Å². The van der Waals surface area contributed by atoms with E-state index in [0.29, 0.717) is 6.42 Å². The first-order chi connectivity index (χ1) is 7.59. The van der Waals surface area contributed by atoms with Crippen molar-refractivity contribution >= 4 is 17.4 Å². The molecule has 0 radical (unpaired) electrons. The lowest BCUT2D eigenvalue weighted by atomic mass is 9.92. The number of carbonyl (C=O) groups is 1. The summed E-state index contributed by atoms with van der Waals surface area (Å²) in [5, 5.41) is 14.7. The van der Waals surface area contributed by atoms with Crippen LogP contribution in [-0.2, 0) is 0 Å². The molecule has 0 fully saturated rings. The van der Waals surface area contributed by atoms with Gasteiger partial charge in [-0.05, 0) is 29.9 Å². The number of nitrogens with zero attached hydrogens (tertiary/aromatic N) is 1. The first-order valence-electron chi connectivity index (χ1n) is 5.32. The molecule has 0 saturated carbocycles. The Kier molecular flexibility index (Phi) is 3.16. The van der Waals surface area contributed by atoms with E-state index in [1.54, 1.807) is 25.4 Å². The molecular formula is C11H16N2O2S. The maximum Gasteiger partial charge on any atom is 0.317 e. The normalized spacial score (nSPS) is 23.7. The average Bonchev–Trinajstić information content (AvgIpc) is 2.71. The molecule has 88 valence electrons. The van der Waals surface area contributed by atoms with E-state index < -0.39 is 0 Å². The minimum Gasteiger partial charge on any atom is -0.388 e. The molecule has 1 heterocycles. The summed E-state index contributed by atoms with van der Waals surface area (Å²) < 4.78 is 0. The summed E-state index contributed by atoms with van der Waals surface area (Å²) in [7, 11) is 3.45. The number of hydrogen-bond acceptors (Lipinski definition) is 3. The van der Waals surface area contributed by atoms with Crippen LogP contribution in [0.2, 0.25) is 0 Å². The highest BCUT2D eigenvalue weighted by molar-refractivity contribution is 7.10. The number of hydrogen-bond donors (Lipinski definition) is 2. The molecule has 0 aromatic carbocycles. The summed E-state index contributed by atoms with van der Waals surface area (Å²) in [5.41, 5.74) is 1.07. The molecule has 16 heavy (non-hydrogen) atoms. The van der Waals surface area contributed by atoms with Crippen LogP contribution < -0.4 is 5.32 Å². The molecule has 1 aliphatic rings. The first kappa shape index (κ1) is 11.4. The minimum atomic E-state index is -0.359. The summed E-state index contributed by atoms with van der Waals surface area (Å²) in [4.78, 5) is 14.1. The van der Waals surface area contributed by atoms with Gasteiger partial charge in [-0.25, -0.2) is 4.79 Å². The number of carbonyl (C=O) groups excluding carboxylic acids is 1. The lowest BCUT2D eigenvalue weighted by molar-refractivity contribution is 0.149. The molecule has 1 aliphatic carbocycles. The highest BCUT2D eigenvalue weighted by atomic mass is 32.1. The molecule has 0 aliphatic heterocycles. The van der Waals surface area contributed by atoms with Gasteiger partial charge in [0.15, 0.2) is 0 Å². The number of urea groups is 1. The van der Waals surface area contributed by atoms with Gasteiger partial charge in [0.1, 0.15) is 0 Å². The number of thiophene rings is 1. The average molecular weight is 240 g/mol. The van der Waals surface area contributed by atoms with E-state index >= 15 is 0 Å². The lowest BCUT2D eigenvalue weighted by Crippen LogP contribution is -2.38. The van der Waals surface area contributed by atoms with Crippen molar-refractivity contribution in [2.45, 2.75) is 25.0 Å². The third-order valence-electron chi connectivity index (χ3n) is 2.84. The molecule has 2 atom stereocenters. The first-order valence-corrected chi connectivity index (χ1v) is 6.20. The van der Waals surface area contributed by atoms with Crippen LogP contribution in [0.25, 0.3) is 0 Å². The Bertz CT molecular complexity index is 389. The monoisotopic (exact) mass is 240 g/mol. The summed E-state index contributed by atoms with van der Waals surface area (Å²) in [6.07, 6.45) is 1.15. The highest BCUT2D eigenvalue weighted by Gasteiger charge is 2.28. The van der Waals surface area contributed by atoms with Gasteiger partial charge in [-0.1, -0.05) is 0 Å². The fourth-order valence-electron chi connectivity index (χ4n) is 1.93. The van der Waals surface area contributed by atoms with E-state index in [1.165, 1.54) is 4.90 Å². The molecule has 2 amide bonds. The number of aliphatic hydroxyl groups is 1. The SMILES string of the molecule is CN(C)C(=O)N[C@@H]1CC[C@H](O)c2sccc21. The van der Waals surface area contributed by atoms with E-state index in [-0.39, 0.29) is 18.2 Å². The molecule has 0 saturated heterocycles. The van der Waals surface area contributed by atoms with Crippen molar-refractivity contribution in [1.82, 2.24) is 10.2 Å². The van der Waals surface area contributed by atoms with Crippen molar-refractivity contribution in [3.8, 4) is 0 Å². The second-order valence-corrected chi connectivity index (χ2v) is 5.18. The van der Waals surface area contributed by atoms with Crippen LogP contribution in [0.5, 0.6) is 0 Å². The van der Waals surface area contributed by atoms with E-state index in [2.05, 4.69) is 5.32 Å². The number of nitrogens with one attached hydrogen (secondary N) is 1. The van der Waals surface area contributed by atoms with Gasteiger partial charge in [-0.2, -0.15) is 0 Å². The zero-order valence-electron chi connectivity index (χ0n) is 9.43. The van der Waals surface area contributed by atoms with E-state index in [0.717, 1.165) is 16.9 Å². The van der Waals surface area contributed by atoms with Crippen molar-refractivity contribution < 1.29 is 9.90 Å². The third-order valence-corrected chi connectivity index (χ3v) is 3.87.